The Balaban J connectivity index is 1.69. The Bertz CT molecular complexity index is 740. The van der Waals surface area contributed by atoms with Gasteiger partial charge in [0.15, 0.2) is 11.6 Å². The van der Waals surface area contributed by atoms with Gasteiger partial charge in [-0.1, -0.05) is 13.8 Å². The lowest BCUT2D eigenvalue weighted by Gasteiger charge is -2.43. The van der Waals surface area contributed by atoms with E-state index >= 15 is 0 Å². The van der Waals surface area contributed by atoms with Crippen molar-refractivity contribution in [3.8, 4) is 0 Å². The molecule has 3 fully saturated rings. The van der Waals surface area contributed by atoms with Crippen molar-refractivity contribution in [2.24, 2.45) is 29.1 Å². The molecule has 0 aromatic rings. The molecule has 0 aromatic carbocycles. The Kier molecular flexibility index (Phi) is 3.53. The van der Waals surface area contributed by atoms with Crippen LogP contribution in [-0.2, 0) is 19.1 Å². The minimum Gasteiger partial charge on any atom is -0.466 e. The van der Waals surface area contributed by atoms with Crippen LogP contribution in [0.4, 0.5) is 0 Å². The van der Waals surface area contributed by atoms with Crippen LogP contribution < -0.4 is 0 Å². The van der Waals surface area contributed by atoms with Crippen molar-refractivity contribution in [3.05, 3.63) is 11.1 Å². The molecule has 3 aliphatic heterocycles. The molecule has 2 aliphatic carbocycles. The first-order valence-electron chi connectivity index (χ1n) is 10.1. The van der Waals surface area contributed by atoms with Gasteiger partial charge >= 0.3 is 5.97 Å². The molecule has 0 N–H and O–H groups in total. The molecule has 6 atom stereocenters. The normalized spacial score (nSPS) is 45.6. The first-order valence-corrected chi connectivity index (χ1v) is 10.1. The predicted octanol–water partition coefficient (Wildman–Crippen LogP) is 2.14. The number of nitrogens with zero attached hydrogens (tertiary/aromatic N) is 1. The van der Waals surface area contributed by atoms with E-state index in [1.165, 1.54) is 0 Å². The Hall–Kier alpha value is -1.49. The highest BCUT2D eigenvalue weighted by Crippen LogP contribution is 2.59. The van der Waals surface area contributed by atoms with Crippen molar-refractivity contribution in [1.29, 1.82) is 0 Å². The molecule has 4 bridgehead atoms. The SMILES string of the molecule is C[C@@H]1CN2C[C@H]3CCC(=O)OCC[C@@H]4CC5=C(C4=O)C(=O)[C@@H]1C[C@@H]2[C@]53C. The van der Waals surface area contributed by atoms with Crippen molar-refractivity contribution >= 4 is 17.5 Å². The summed E-state index contributed by atoms with van der Waals surface area (Å²) in [5.74, 6) is 0.393. The van der Waals surface area contributed by atoms with E-state index in [1.54, 1.807) is 0 Å². The maximum atomic E-state index is 13.4. The van der Waals surface area contributed by atoms with Gasteiger partial charge in [0, 0.05) is 42.8 Å². The van der Waals surface area contributed by atoms with Crippen LogP contribution in [0.25, 0.3) is 0 Å². The summed E-state index contributed by atoms with van der Waals surface area (Å²) in [6, 6.07) is 0.327. The molecule has 3 saturated heterocycles. The van der Waals surface area contributed by atoms with Crippen molar-refractivity contribution < 1.29 is 19.1 Å². The molecule has 5 rings (SSSR count). The fourth-order valence-corrected chi connectivity index (χ4v) is 6.67. The Labute approximate surface area is 154 Å². The third-order valence-corrected chi connectivity index (χ3v) is 8.15. The fourth-order valence-electron chi connectivity index (χ4n) is 6.67. The zero-order chi connectivity index (χ0) is 18.2. The topological polar surface area (TPSA) is 63.7 Å². The molecule has 0 spiro atoms. The number of hydrogen-bond acceptors (Lipinski definition) is 5. The third-order valence-electron chi connectivity index (χ3n) is 8.15. The molecule has 5 heteroatoms. The Morgan fingerprint density at radius 3 is 2.73 bits per heavy atom. The summed E-state index contributed by atoms with van der Waals surface area (Å²) >= 11 is 0. The summed E-state index contributed by atoms with van der Waals surface area (Å²) in [7, 11) is 0. The lowest BCUT2D eigenvalue weighted by molar-refractivity contribution is -0.145. The minimum absolute atomic E-state index is 0.0208. The monoisotopic (exact) mass is 357 g/mol. The second kappa shape index (κ2) is 5.51. The van der Waals surface area contributed by atoms with Crippen molar-refractivity contribution in [2.45, 2.75) is 52.0 Å². The number of hydrogen-bond donors (Lipinski definition) is 0. The highest BCUT2D eigenvalue weighted by atomic mass is 16.5. The summed E-state index contributed by atoms with van der Waals surface area (Å²) < 4.78 is 5.36. The van der Waals surface area contributed by atoms with E-state index < -0.39 is 0 Å². The molecular weight excluding hydrogens is 330 g/mol. The van der Waals surface area contributed by atoms with Gasteiger partial charge in [0.25, 0.3) is 0 Å². The lowest BCUT2D eigenvalue weighted by atomic mass is 9.65. The van der Waals surface area contributed by atoms with Crippen LogP contribution in [0.1, 0.15) is 46.0 Å². The molecule has 5 nitrogen and oxygen atoms in total. The van der Waals surface area contributed by atoms with Crippen molar-refractivity contribution in [3.63, 3.8) is 0 Å². The van der Waals surface area contributed by atoms with Crippen LogP contribution >= 0.6 is 0 Å². The van der Waals surface area contributed by atoms with Crippen LogP contribution in [0.5, 0.6) is 0 Å². The summed E-state index contributed by atoms with van der Waals surface area (Å²) in [4.78, 5) is 41.2. The number of carbonyl (C=O) groups is 3. The van der Waals surface area contributed by atoms with Crippen LogP contribution in [0.15, 0.2) is 11.1 Å². The van der Waals surface area contributed by atoms with Crippen molar-refractivity contribution in [2.75, 3.05) is 19.7 Å². The molecule has 26 heavy (non-hydrogen) atoms. The fraction of sp³-hybridized carbons (Fsp3) is 0.762. The molecule has 3 heterocycles. The standard InChI is InChI=1S/C21H27NO4/c1-11-9-22-10-13-3-4-17(23)26-6-5-12-7-15-18(19(12)24)20(25)14(11)8-16(22)21(13,15)2/h11-14,16H,3-10H2,1-2H3/t11-,12-,13-,14-,16-,21+/m1/s1. The third kappa shape index (κ3) is 2.04. The second-order valence-electron chi connectivity index (χ2n) is 9.30. The smallest absolute Gasteiger partial charge is 0.305 e. The summed E-state index contributed by atoms with van der Waals surface area (Å²) in [6.45, 7) is 6.63. The van der Waals surface area contributed by atoms with E-state index in [4.69, 9.17) is 4.74 Å². The minimum atomic E-state index is -0.185. The van der Waals surface area contributed by atoms with E-state index in [0.29, 0.717) is 49.3 Å². The highest BCUT2D eigenvalue weighted by molar-refractivity contribution is 6.24. The van der Waals surface area contributed by atoms with Crippen LogP contribution in [0, 0.1) is 29.1 Å². The maximum absolute atomic E-state index is 13.4. The first-order chi connectivity index (χ1) is 12.4. The number of ether oxygens (including phenoxy) is 1. The molecule has 5 aliphatic rings. The Morgan fingerprint density at radius 2 is 1.92 bits per heavy atom. The van der Waals surface area contributed by atoms with E-state index in [2.05, 4.69) is 18.7 Å². The van der Waals surface area contributed by atoms with Gasteiger partial charge in [-0.15, -0.1) is 0 Å². The average molecular weight is 357 g/mol. The number of Topliss-reactive ketones (excluding diaryl/α,β-unsaturated/α-hetero) is 2. The highest BCUT2D eigenvalue weighted by Gasteiger charge is 2.61. The molecule has 0 radical (unpaired) electrons. The summed E-state index contributed by atoms with van der Waals surface area (Å²) in [5.41, 5.74) is 1.52. The summed E-state index contributed by atoms with van der Waals surface area (Å²) in [6.07, 6.45) is 3.32. The number of carbonyl (C=O) groups excluding carboxylic acids is 3. The van der Waals surface area contributed by atoms with Crippen LogP contribution in [-0.4, -0.2) is 48.2 Å². The van der Waals surface area contributed by atoms with E-state index in [0.717, 1.165) is 31.5 Å². The number of rotatable bonds is 0. The molecule has 140 valence electrons. The number of cyclic esters (lactones) is 1. The van der Waals surface area contributed by atoms with E-state index in [-0.39, 0.29) is 34.8 Å². The van der Waals surface area contributed by atoms with Gasteiger partial charge in [-0.3, -0.25) is 19.3 Å². The average Bonchev–Trinajstić information content (AvgIpc) is 3.03. The number of esters is 1. The molecule has 0 amide bonds. The zero-order valence-electron chi connectivity index (χ0n) is 15.6. The van der Waals surface area contributed by atoms with Crippen molar-refractivity contribution in [1.82, 2.24) is 4.90 Å². The van der Waals surface area contributed by atoms with Gasteiger partial charge in [0.1, 0.15) is 0 Å². The summed E-state index contributed by atoms with van der Waals surface area (Å²) in [5, 5.41) is 0. The van der Waals surface area contributed by atoms with Gasteiger partial charge in [-0.25, -0.2) is 0 Å². The molecule has 0 unspecified atom stereocenters. The lowest BCUT2D eigenvalue weighted by Crippen LogP contribution is -2.48. The van der Waals surface area contributed by atoms with Gasteiger partial charge < -0.3 is 4.74 Å². The van der Waals surface area contributed by atoms with Gasteiger partial charge in [-0.05, 0) is 43.1 Å². The van der Waals surface area contributed by atoms with E-state index in [9.17, 15) is 14.4 Å². The van der Waals surface area contributed by atoms with Crippen LogP contribution in [0.2, 0.25) is 0 Å². The number of allylic oxidation sites excluding steroid dienone is 1. The largest absolute Gasteiger partial charge is 0.466 e. The molecular formula is C21H27NO4. The number of fused-ring (bicyclic) bond motifs is 2. The Morgan fingerprint density at radius 1 is 1.12 bits per heavy atom. The number of ketones is 2. The molecule has 0 aromatic heterocycles. The van der Waals surface area contributed by atoms with Crippen LogP contribution in [0.3, 0.4) is 0 Å². The van der Waals surface area contributed by atoms with Gasteiger partial charge in [0.05, 0.1) is 12.2 Å². The second-order valence-corrected chi connectivity index (χ2v) is 9.30. The maximum Gasteiger partial charge on any atom is 0.305 e. The quantitative estimate of drug-likeness (QED) is 0.491. The van der Waals surface area contributed by atoms with Gasteiger partial charge in [0.2, 0.25) is 0 Å². The number of piperidine rings is 1. The van der Waals surface area contributed by atoms with E-state index in [1.807, 2.05) is 0 Å². The van der Waals surface area contributed by atoms with Gasteiger partial charge in [-0.2, -0.15) is 0 Å². The predicted molar refractivity (Wildman–Crippen MR) is 94.2 cm³/mol. The zero-order valence-corrected chi connectivity index (χ0v) is 15.6. The molecule has 0 saturated carbocycles. The first kappa shape index (κ1) is 16.7.